The number of aryl methyl sites for hydroxylation is 2. The number of amides is 1. The SMILES string of the molecule is COc1ccc(CNC(=O)CCc2nc3ccc(C)cc3c(=O)n2C)cc1. The molecule has 6 heteroatoms. The van der Waals surface area contributed by atoms with Crippen LogP contribution in [0, 0.1) is 6.92 Å². The molecule has 0 spiro atoms. The van der Waals surface area contributed by atoms with E-state index in [2.05, 4.69) is 10.3 Å². The van der Waals surface area contributed by atoms with E-state index in [1.807, 2.05) is 49.4 Å². The minimum absolute atomic E-state index is 0.0796. The Morgan fingerprint density at radius 3 is 2.63 bits per heavy atom. The zero-order chi connectivity index (χ0) is 19.4. The standard InChI is InChI=1S/C21H23N3O3/c1-14-4-9-18-17(12-14)21(26)24(2)19(23-18)10-11-20(25)22-13-15-5-7-16(27-3)8-6-15/h4-9,12H,10-11,13H2,1-3H3,(H,22,25). The lowest BCUT2D eigenvalue weighted by Crippen LogP contribution is -2.26. The normalized spacial score (nSPS) is 10.8. The molecule has 0 radical (unpaired) electrons. The van der Waals surface area contributed by atoms with E-state index in [0.29, 0.717) is 29.7 Å². The maximum Gasteiger partial charge on any atom is 0.261 e. The Labute approximate surface area is 157 Å². The largest absolute Gasteiger partial charge is 0.497 e. The van der Waals surface area contributed by atoms with Gasteiger partial charge < -0.3 is 10.1 Å². The molecule has 0 bridgehead atoms. The highest BCUT2D eigenvalue weighted by Crippen LogP contribution is 2.12. The summed E-state index contributed by atoms with van der Waals surface area (Å²) in [7, 11) is 3.31. The van der Waals surface area contributed by atoms with E-state index in [4.69, 9.17) is 4.74 Å². The van der Waals surface area contributed by atoms with Crippen LogP contribution in [0.4, 0.5) is 0 Å². The maximum atomic E-state index is 12.5. The van der Waals surface area contributed by atoms with Gasteiger partial charge >= 0.3 is 0 Å². The van der Waals surface area contributed by atoms with Crippen molar-refractivity contribution in [2.24, 2.45) is 7.05 Å². The molecule has 140 valence electrons. The Hall–Kier alpha value is -3.15. The summed E-state index contributed by atoms with van der Waals surface area (Å²) in [6, 6.07) is 13.2. The summed E-state index contributed by atoms with van der Waals surface area (Å²) in [5.41, 5.74) is 2.59. The van der Waals surface area contributed by atoms with Crippen LogP contribution in [0.2, 0.25) is 0 Å². The summed E-state index contributed by atoms with van der Waals surface area (Å²) in [5.74, 6) is 1.31. The van der Waals surface area contributed by atoms with Gasteiger partial charge in [-0.1, -0.05) is 23.8 Å². The summed E-state index contributed by atoms with van der Waals surface area (Å²) >= 11 is 0. The van der Waals surface area contributed by atoms with Crippen LogP contribution in [0.15, 0.2) is 47.3 Å². The monoisotopic (exact) mass is 365 g/mol. The van der Waals surface area contributed by atoms with Gasteiger partial charge in [0.2, 0.25) is 5.91 Å². The first kappa shape index (κ1) is 18.6. The van der Waals surface area contributed by atoms with Crippen LogP contribution in [0.3, 0.4) is 0 Å². The molecule has 0 aliphatic heterocycles. The Balaban J connectivity index is 1.63. The highest BCUT2D eigenvalue weighted by Gasteiger charge is 2.10. The van der Waals surface area contributed by atoms with Crippen molar-refractivity contribution in [1.82, 2.24) is 14.9 Å². The van der Waals surface area contributed by atoms with Crippen molar-refractivity contribution in [3.63, 3.8) is 0 Å². The number of carbonyl (C=O) groups is 1. The highest BCUT2D eigenvalue weighted by atomic mass is 16.5. The Morgan fingerprint density at radius 2 is 1.93 bits per heavy atom. The summed E-state index contributed by atoms with van der Waals surface area (Å²) in [4.78, 5) is 29.2. The van der Waals surface area contributed by atoms with Crippen LogP contribution in [0.25, 0.3) is 10.9 Å². The second-order valence-corrected chi connectivity index (χ2v) is 6.54. The average molecular weight is 365 g/mol. The van der Waals surface area contributed by atoms with Gasteiger partial charge in [0.25, 0.3) is 5.56 Å². The molecule has 0 unspecified atom stereocenters. The molecule has 0 saturated carbocycles. The number of aromatic nitrogens is 2. The summed E-state index contributed by atoms with van der Waals surface area (Å²) in [5, 5.41) is 3.49. The molecule has 6 nitrogen and oxygen atoms in total. The van der Waals surface area contributed by atoms with Gasteiger partial charge in [0.15, 0.2) is 0 Å². The number of carbonyl (C=O) groups excluding carboxylic acids is 1. The third-order valence-corrected chi connectivity index (χ3v) is 4.55. The molecule has 1 heterocycles. The molecule has 0 fully saturated rings. The van der Waals surface area contributed by atoms with Crippen LogP contribution in [-0.4, -0.2) is 22.6 Å². The fourth-order valence-electron chi connectivity index (χ4n) is 2.91. The van der Waals surface area contributed by atoms with Crippen LogP contribution >= 0.6 is 0 Å². The van der Waals surface area contributed by atoms with Gasteiger partial charge in [0.05, 0.1) is 18.0 Å². The number of nitrogens with one attached hydrogen (secondary N) is 1. The molecule has 27 heavy (non-hydrogen) atoms. The van der Waals surface area contributed by atoms with Crippen molar-refractivity contribution < 1.29 is 9.53 Å². The first-order valence-corrected chi connectivity index (χ1v) is 8.84. The Kier molecular flexibility index (Phi) is 5.54. The Morgan fingerprint density at radius 1 is 1.19 bits per heavy atom. The number of rotatable bonds is 6. The minimum atomic E-state index is -0.0858. The lowest BCUT2D eigenvalue weighted by Gasteiger charge is -2.10. The van der Waals surface area contributed by atoms with E-state index in [-0.39, 0.29) is 17.9 Å². The zero-order valence-corrected chi connectivity index (χ0v) is 15.8. The van der Waals surface area contributed by atoms with Crippen molar-refractivity contribution in [3.8, 4) is 5.75 Å². The molecule has 3 aromatic rings. The fourth-order valence-corrected chi connectivity index (χ4v) is 2.91. The molecule has 1 N–H and O–H groups in total. The lowest BCUT2D eigenvalue weighted by molar-refractivity contribution is -0.121. The van der Waals surface area contributed by atoms with Gasteiger partial charge in [-0.3, -0.25) is 14.2 Å². The summed E-state index contributed by atoms with van der Waals surface area (Å²) < 4.78 is 6.64. The van der Waals surface area contributed by atoms with E-state index in [1.165, 1.54) is 4.57 Å². The van der Waals surface area contributed by atoms with Crippen molar-refractivity contribution in [2.45, 2.75) is 26.3 Å². The molecule has 2 aromatic carbocycles. The number of hydrogen-bond acceptors (Lipinski definition) is 4. The topological polar surface area (TPSA) is 73.2 Å². The number of ether oxygens (including phenoxy) is 1. The van der Waals surface area contributed by atoms with Crippen molar-refractivity contribution in [3.05, 3.63) is 69.8 Å². The molecule has 0 aliphatic carbocycles. The second kappa shape index (κ2) is 8.03. The van der Waals surface area contributed by atoms with Gasteiger partial charge in [0.1, 0.15) is 11.6 Å². The van der Waals surface area contributed by atoms with E-state index >= 15 is 0 Å². The van der Waals surface area contributed by atoms with Crippen LogP contribution in [-0.2, 0) is 24.8 Å². The quantitative estimate of drug-likeness (QED) is 0.728. The Bertz CT molecular complexity index is 1020. The lowest BCUT2D eigenvalue weighted by atomic mass is 10.1. The number of benzene rings is 2. The molecular formula is C21H23N3O3. The van der Waals surface area contributed by atoms with Gasteiger partial charge in [-0.05, 0) is 36.8 Å². The first-order valence-electron chi connectivity index (χ1n) is 8.84. The highest BCUT2D eigenvalue weighted by molar-refractivity contribution is 5.79. The zero-order valence-electron chi connectivity index (χ0n) is 15.8. The number of hydrogen-bond donors (Lipinski definition) is 1. The maximum absolute atomic E-state index is 12.5. The summed E-state index contributed by atoms with van der Waals surface area (Å²) in [6.07, 6.45) is 0.678. The van der Waals surface area contributed by atoms with E-state index in [0.717, 1.165) is 16.9 Å². The predicted octanol–water partition coefficient (Wildman–Crippen LogP) is 2.50. The number of nitrogens with zero attached hydrogens (tertiary/aromatic N) is 2. The molecule has 0 atom stereocenters. The molecule has 0 saturated heterocycles. The summed E-state index contributed by atoms with van der Waals surface area (Å²) in [6.45, 7) is 2.39. The van der Waals surface area contributed by atoms with Crippen molar-refractivity contribution >= 4 is 16.8 Å². The predicted molar refractivity (Wildman–Crippen MR) is 105 cm³/mol. The van der Waals surface area contributed by atoms with Crippen molar-refractivity contribution in [2.75, 3.05) is 7.11 Å². The fraction of sp³-hybridized carbons (Fsp3) is 0.286. The van der Waals surface area contributed by atoms with E-state index in [9.17, 15) is 9.59 Å². The molecule has 0 aliphatic rings. The molecule has 3 rings (SSSR count). The number of methoxy groups -OCH3 is 1. The second-order valence-electron chi connectivity index (χ2n) is 6.54. The third kappa shape index (κ3) is 4.34. The van der Waals surface area contributed by atoms with Gasteiger partial charge in [-0.2, -0.15) is 0 Å². The van der Waals surface area contributed by atoms with Gasteiger partial charge in [-0.15, -0.1) is 0 Å². The molecular weight excluding hydrogens is 342 g/mol. The third-order valence-electron chi connectivity index (χ3n) is 4.55. The minimum Gasteiger partial charge on any atom is -0.497 e. The molecule has 1 aromatic heterocycles. The van der Waals surface area contributed by atoms with E-state index < -0.39 is 0 Å². The average Bonchev–Trinajstić information content (AvgIpc) is 2.69. The van der Waals surface area contributed by atoms with Gasteiger partial charge in [0, 0.05) is 26.4 Å². The van der Waals surface area contributed by atoms with Crippen molar-refractivity contribution in [1.29, 1.82) is 0 Å². The van der Waals surface area contributed by atoms with Crippen LogP contribution < -0.4 is 15.6 Å². The molecule has 1 amide bonds. The number of fused-ring (bicyclic) bond motifs is 1. The first-order chi connectivity index (χ1) is 13.0. The van der Waals surface area contributed by atoms with Gasteiger partial charge in [-0.25, -0.2) is 4.98 Å². The van der Waals surface area contributed by atoms with Crippen LogP contribution in [0.1, 0.15) is 23.4 Å². The smallest absolute Gasteiger partial charge is 0.261 e. The van der Waals surface area contributed by atoms with E-state index in [1.54, 1.807) is 14.2 Å². The van der Waals surface area contributed by atoms with Crippen LogP contribution in [0.5, 0.6) is 5.75 Å².